The van der Waals surface area contributed by atoms with Gasteiger partial charge in [-0.3, -0.25) is 14.4 Å². The number of carbonyl (C=O) groups excluding carboxylic acids is 3. The van der Waals surface area contributed by atoms with Crippen LogP contribution in [0.5, 0.6) is 0 Å². The van der Waals surface area contributed by atoms with Crippen LogP contribution in [0.3, 0.4) is 0 Å². The molecule has 28 heavy (non-hydrogen) atoms. The Balaban J connectivity index is 1.55. The first-order valence-electron chi connectivity index (χ1n) is 9.08. The molecular formula is C21H21ClN2O4. The lowest BCUT2D eigenvalue weighted by molar-refractivity contribution is -0.151. The minimum absolute atomic E-state index is 0.0762. The van der Waals surface area contributed by atoms with Crippen LogP contribution in [0.2, 0.25) is 5.02 Å². The van der Waals surface area contributed by atoms with Crippen LogP contribution < -0.4 is 10.2 Å². The zero-order valence-corrected chi connectivity index (χ0v) is 16.2. The quantitative estimate of drug-likeness (QED) is 0.753. The number of esters is 1. The molecule has 1 atom stereocenters. The van der Waals surface area contributed by atoms with E-state index < -0.39 is 24.4 Å². The van der Waals surface area contributed by atoms with E-state index in [-0.39, 0.29) is 18.9 Å². The molecule has 1 fully saturated rings. The standard InChI is InChI=1S/C21H21ClN2O4/c1-2-14-6-3-4-9-18(14)24-12-15(10-20(24)26)21(27)28-13-19(25)23-17-8-5-7-16(22)11-17/h3-9,11,15H,2,10,12-13H2,1H3,(H,23,25)/t15-/m0/s1. The van der Waals surface area contributed by atoms with Gasteiger partial charge in [-0.1, -0.05) is 42.8 Å². The molecular weight excluding hydrogens is 380 g/mol. The fraction of sp³-hybridized carbons (Fsp3) is 0.286. The van der Waals surface area contributed by atoms with E-state index in [1.54, 1.807) is 29.2 Å². The molecule has 3 rings (SSSR count). The van der Waals surface area contributed by atoms with Crippen LogP contribution in [0.15, 0.2) is 48.5 Å². The summed E-state index contributed by atoms with van der Waals surface area (Å²) in [6.07, 6.45) is 0.867. The van der Waals surface area contributed by atoms with Gasteiger partial charge in [-0.2, -0.15) is 0 Å². The highest BCUT2D eigenvalue weighted by molar-refractivity contribution is 6.30. The third-order valence-electron chi connectivity index (χ3n) is 4.58. The van der Waals surface area contributed by atoms with Crippen molar-refractivity contribution in [1.82, 2.24) is 0 Å². The van der Waals surface area contributed by atoms with Gasteiger partial charge in [0.1, 0.15) is 0 Å². The molecule has 1 aliphatic heterocycles. The number of nitrogens with zero attached hydrogens (tertiary/aromatic N) is 1. The molecule has 0 aliphatic carbocycles. The fourth-order valence-corrected chi connectivity index (χ4v) is 3.38. The molecule has 1 aliphatic rings. The van der Waals surface area contributed by atoms with Gasteiger partial charge in [0.05, 0.1) is 5.92 Å². The van der Waals surface area contributed by atoms with Crippen molar-refractivity contribution in [2.24, 2.45) is 5.92 Å². The minimum Gasteiger partial charge on any atom is -0.455 e. The largest absolute Gasteiger partial charge is 0.455 e. The zero-order chi connectivity index (χ0) is 20.1. The average molecular weight is 401 g/mol. The number of ether oxygens (including phenoxy) is 1. The van der Waals surface area contributed by atoms with Gasteiger partial charge in [-0.15, -0.1) is 0 Å². The van der Waals surface area contributed by atoms with Crippen molar-refractivity contribution in [3.63, 3.8) is 0 Å². The second kappa shape index (κ2) is 8.89. The van der Waals surface area contributed by atoms with E-state index >= 15 is 0 Å². The first kappa shape index (κ1) is 19.9. The summed E-state index contributed by atoms with van der Waals surface area (Å²) in [5, 5.41) is 3.10. The smallest absolute Gasteiger partial charge is 0.311 e. The maximum absolute atomic E-state index is 12.4. The summed E-state index contributed by atoms with van der Waals surface area (Å²) in [7, 11) is 0. The Morgan fingerprint density at radius 3 is 2.75 bits per heavy atom. The lowest BCUT2D eigenvalue weighted by Crippen LogP contribution is -2.28. The molecule has 2 aromatic rings. The SMILES string of the molecule is CCc1ccccc1N1C[C@@H](C(=O)OCC(=O)Nc2cccc(Cl)c2)CC1=O. The van der Waals surface area contributed by atoms with Crippen LogP contribution in [0, 0.1) is 5.92 Å². The Labute approximate surface area is 168 Å². The third kappa shape index (κ3) is 4.70. The van der Waals surface area contributed by atoms with Crippen LogP contribution in [0.1, 0.15) is 18.9 Å². The van der Waals surface area contributed by atoms with Gasteiger partial charge in [0, 0.05) is 29.4 Å². The van der Waals surface area contributed by atoms with Gasteiger partial charge >= 0.3 is 5.97 Å². The van der Waals surface area contributed by atoms with Crippen molar-refractivity contribution < 1.29 is 19.1 Å². The summed E-state index contributed by atoms with van der Waals surface area (Å²) in [5.41, 5.74) is 2.39. The van der Waals surface area contributed by atoms with E-state index in [1.807, 2.05) is 31.2 Å². The van der Waals surface area contributed by atoms with Crippen LogP contribution in [-0.4, -0.2) is 30.9 Å². The summed E-state index contributed by atoms with van der Waals surface area (Å²) in [6, 6.07) is 14.3. The third-order valence-corrected chi connectivity index (χ3v) is 4.81. The number of anilines is 2. The van der Waals surface area contributed by atoms with Crippen LogP contribution >= 0.6 is 11.6 Å². The molecule has 1 saturated heterocycles. The van der Waals surface area contributed by atoms with E-state index in [9.17, 15) is 14.4 Å². The maximum Gasteiger partial charge on any atom is 0.311 e. The highest BCUT2D eigenvalue weighted by Gasteiger charge is 2.36. The monoisotopic (exact) mass is 400 g/mol. The van der Waals surface area contributed by atoms with Gasteiger partial charge in [0.2, 0.25) is 5.91 Å². The number of hydrogen-bond donors (Lipinski definition) is 1. The molecule has 0 saturated carbocycles. The Hall–Kier alpha value is -2.86. The van der Waals surface area contributed by atoms with Crippen molar-refractivity contribution in [1.29, 1.82) is 0 Å². The Morgan fingerprint density at radius 1 is 1.21 bits per heavy atom. The summed E-state index contributed by atoms with van der Waals surface area (Å²) in [5.74, 6) is -1.72. The number of carbonyl (C=O) groups is 3. The molecule has 146 valence electrons. The van der Waals surface area contributed by atoms with E-state index in [1.165, 1.54) is 0 Å². The summed E-state index contributed by atoms with van der Waals surface area (Å²) in [4.78, 5) is 38.3. The molecule has 1 N–H and O–H groups in total. The van der Waals surface area contributed by atoms with Crippen molar-refractivity contribution >= 4 is 40.8 Å². The van der Waals surface area contributed by atoms with Gasteiger partial charge < -0.3 is 15.0 Å². The summed E-state index contributed by atoms with van der Waals surface area (Å²) >= 11 is 5.87. The highest BCUT2D eigenvalue weighted by Crippen LogP contribution is 2.29. The topological polar surface area (TPSA) is 75.7 Å². The molecule has 0 aromatic heterocycles. The van der Waals surface area contributed by atoms with Gasteiger partial charge in [0.15, 0.2) is 6.61 Å². The van der Waals surface area contributed by atoms with Gasteiger partial charge in [-0.05, 0) is 36.2 Å². The van der Waals surface area contributed by atoms with E-state index in [0.29, 0.717) is 10.7 Å². The first-order chi connectivity index (χ1) is 13.5. The molecule has 0 radical (unpaired) electrons. The Bertz CT molecular complexity index is 899. The lowest BCUT2D eigenvalue weighted by Gasteiger charge is -2.19. The normalized spacial score (nSPS) is 16.1. The minimum atomic E-state index is -0.587. The number of rotatable bonds is 6. The fourth-order valence-electron chi connectivity index (χ4n) is 3.19. The summed E-state index contributed by atoms with van der Waals surface area (Å²) in [6.45, 7) is 1.86. The van der Waals surface area contributed by atoms with E-state index in [4.69, 9.17) is 16.3 Å². The molecule has 1 heterocycles. The molecule has 2 aromatic carbocycles. The lowest BCUT2D eigenvalue weighted by atomic mass is 10.1. The van der Waals surface area contributed by atoms with Crippen molar-refractivity contribution in [2.45, 2.75) is 19.8 Å². The molecule has 7 heteroatoms. The number of benzene rings is 2. The first-order valence-corrected chi connectivity index (χ1v) is 9.46. The number of halogens is 1. The number of amides is 2. The predicted octanol–water partition coefficient (Wildman–Crippen LogP) is 3.44. The second-order valence-electron chi connectivity index (χ2n) is 6.55. The number of nitrogens with one attached hydrogen (secondary N) is 1. The molecule has 6 nitrogen and oxygen atoms in total. The van der Waals surface area contributed by atoms with Crippen LogP contribution in [-0.2, 0) is 25.5 Å². The van der Waals surface area contributed by atoms with E-state index in [2.05, 4.69) is 5.32 Å². The highest BCUT2D eigenvalue weighted by atomic mass is 35.5. The van der Waals surface area contributed by atoms with Crippen LogP contribution in [0.4, 0.5) is 11.4 Å². The molecule has 0 bridgehead atoms. The zero-order valence-electron chi connectivity index (χ0n) is 15.5. The van der Waals surface area contributed by atoms with Crippen molar-refractivity contribution in [3.05, 3.63) is 59.1 Å². The second-order valence-corrected chi connectivity index (χ2v) is 6.99. The molecule has 2 amide bonds. The average Bonchev–Trinajstić information content (AvgIpc) is 3.07. The van der Waals surface area contributed by atoms with Crippen molar-refractivity contribution in [2.75, 3.05) is 23.4 Å². The van der Waals surface area contributed by atoms with Crippen LogP contribution in [0.25, 0.3) is 0 Å². The predicted molar refractivity (Wildman–Crippen MR) is 107 cm³/mol. The summed E-state index contributed by atoms with van der Waals surface area (Å²) < 4.78 is 5.12. The van der Waals surface area contributed by atoms with Gasteiger partial charge in [-0.25, -0.2) is 0 Å². The Kier molecular flexibility index (Phi) is 6.31. The Morgan fingerprint density at radius 2 is 2.00 bits per heavy atom. The molecule has 0 spiro atoms. The van der Waals surface area contributed by atoms with Crippen molar-refractivity contribution in [3.8, 4) is 0 Å². The number of aryl methyl sites for hydroxylation is 1. The maximum atomic E-state index is 12.4. The molecule has 0 unspecified atom stereocenters. The number of para-hydroxylation sites is 1. The van der Waals surface area contributed by atoms with E-state index in [0.717, 1.165) is 17.7 Å². The number of hydrogen-bond acceptors (Lipinski definition) is 4. The van der Waals surface area contributed by atoms with Gasteiger partial charge in [0.25, 0.3) is 5.91 Å².